The molecule has 1 amide bonds. The van der Waals surface area contributed by atoms with Crippen molar-refractivity contribution in [2.75, 3.05) is 62.2 Å². The molecule has 5 heteroatoms. The second kappa shape index (κ2) is 11.8. The molecule has 150 valence electrons. The number of likely N-dealkylation sites (tertiary alicyclic amines) is 1. The van der Waals surface area contributed by atoms with E-state index in [9.17, 15) is 4.79 Å². The van der Waals surface area contributed by atoms with E-state index in [-0.39, 0.29) is 0 Å². The van der Waals surface area contributed by atoms with E-state index in [1.54, 1.807) is 0 Å². The Morgan fingerprint density at radius 3 is 1.84 bits per heavy atom. The van der Waals surface area contributed by atoms with Crippen molar-refractivity contribution in [3.63, 3.8) is 0 Å². The predicted octanol–water partition coefficient (Wildman–Crippen LogP) is -0.366. The third-order valence-electron chi connectivity index (χ3n) is 6.31. The Morgan fingerprint density at radius 1 is 0.960 bits per heavy atom. The minimum atomic E-state index is 0.346. The van der Waals surface area contributed by atoms with E-state index in [0.29, 0.717) is 39.1 Å². The van der Waals surface area contributed by atoms with Gasteiger partial charge in [0.1, 0.15) is 0 Å². The van der Waals surface area contributed by atoms with Gasteiger partial charge in [0.05, 0.1) is 6.54 Å². The molecular weight excluding hydrogens is 425 g/mol. The summed E-state index contributed by atoms with van der Waals surface area (Å²) in [6, 6.07) is 0. The maximum atomic E-state index is 12.6. The summed E-state index contributed by atoms with van der Waals surface area (Å²) < 4.78 is 0. The van der Waals surface area contributed by atoms with Crippen LogP contribution in [0.3, 0.4) is 0 Å². The molecule has 2 heterocycles. The molecule has 2 fully saturated rings. The summed E-state index contributed by atoms with van der Waals surface area (Å²) in [6.45, 7) is 17.2. The van der Waals surface area contributed by atoms with Crippen LogP contribution >= 0.6 is 0 Å². The molecule has 0 aromatic heterocycles. The fourth-order valence-corrected chi connectivity index (χ4v) is 4.10. The van der Waals surface area contributed by atoms with Crippen molar-refractivity contribution in [1.82, 2.24) is 14.7 Å². The minimum absolute atomic E-state index is 0.346. The Kier molecular flexibility index (Phi) is 10.9. The molecular formula is C20H41IN3O-. The summed E-state index contributed by atoms with van der Waals surface area (Å²) in [4.78, 5) is 23.9. The number of hydrogen-bond donors (Lipinski definition) is 0. The molecule has 2 aliphatic heterocycles. The normalized spacial score (nSPS) is 22.0. The van der Waals surface area contributed by atoms with Gasteiger partial charge in [0.2, 0.25) is 5.91 Å². The van der Waals surface area contributed by atoms with Gasteiger partial charge in [0, 0.05) is 39.3 Å². The average molecular weight is 466 g/mol. The van der Waals surface area contributed by atoms with Gasteiger partial charge < -0.3 is 9.80 Å². The monoisotopic (exact) mass is 466 g/mol. The number of carbonyl (C=O) groups excluding carboxylic acids is 1. The molecule has 0 spiro atoms. The van der Waals surface area contributed by atoms with E-state index in [1.807, 2.05) is 0 Å². The summed E-state index contributed by atoms with van der Waals surface area (Å²) in [5, 5.41) is 0. The molecule has 0 saturated carbocycles. The molecule has 4 nitrogen and oxygen atoms in total. The van der Waals surface area contributed by atoms with E-state index in [4.69, 9.17) is 0 Å². The molecule has 0 radical (unpaired) electrons. The first kappa shape index (κ1) is 23.2. The zero-order valence-corrected chi connectivity index (χ0v) is 19.6. The van der Waals surface area contributed by atoms with Gasteiger partial charge in [-0.2, -0.15) is 0 Å². The number of piperazine rings is 1. The van der Waals surface area contributed by atoms with E-state index in [0.717, 1.165) is 51.7 Å². The van der Waals surface area contributed by atoms with Crippen LogP contribution in [0, 0.1) is 11.3 Å². The third-order valence-corrected chi connectivity index (χ3v) is 6.31. The van der Waals surface area contributed by atoms with Crippen molar-refractivity contribution in [2.45, 2.75) is 47.0 Å². The Balaban J connectivity index is 0.000000970. The van der Waals surface area contributed by atoms with Crippen LogP contribution in [-0.2, 0) is 4.79 Å². The standard InChI is InChI=1S/C18H35N3O.C2H6I/c1-5-18(16(3)4)7-9-21(10-8-18)17(22)15-20-13-11-19(6-2)12-14-20;1-3-2/h16H,5-15H2,1-4H3;1-2H3/q;-1. The number of nitrogens with zero attached hydrogens (tertiary/aromatic N) is 3. The zero-order valence-electron chi connectivity index (χ0n) is 17.5. The molecule has 0 atom stereocenters. The number of likely N-dealkylation sites (N-methyl/N-ethyl adjacent to an activating group) is 1. The molecule has 0 N–H and O–H groups in total. The molecule has 2 aliphatic rings. The molecule has 0 bridgehead atoms. The van der Waals surface area contributed by atoms with E-state index in [1.165, 1.54) is 19.3 Å². The van der Waals surface area contributed by atoms with Crippen molar-refractivity contribution in [2.24, 2.45) is 11.3 Å². The molecule has 2 saturated heterocycles. The summed E-state index contributed by atoms with van der Waals surface area (Å²) in [7, 11) is 0. The Morgan fingerprint density at radius 2 is 1.44 bits per heavy atom. The van der Waals surface area contributed by atoms with Crippen LogP contribution in [-0.4, -0.2) is 82.8 Å². The number of carbonyl (C=O) groups is 1. The van der Waals surface area contributed by atoms with Crippen LogP contribution in [0.1, 0.15) is 47.0 Å². The topological polar surface area (TPSA) is 26.8 Å². The number of rotatable bonds is 5. The maximum absolute atomic E-state index is 12.6. The summed E-state index contributed by atoms with van der Waals surface area (Å²) in [5.74, 6) is 1.07. The van der Waals surface area contributed by atoms with Gasteiger partial charge in [-0.25, -0.2) is 0 Å². The fourth-order valence-electron chi connectivity index (χ4n) is 4.10. The molecule has 0 unspecified atom stereocenters. The average Bonchev–Trinajstić information content (AvgIpc) is 2.63. The molecule has 0 aromatic rings. The van der Waals surface area contributed by atoms with Gasteiger partial charge >= 0.3 is 31.1 Å². The number of alkyl halides is 2. The summed E-state index contributed by atoms with van der Waals surface area (Å²) in [6.07, 6.45) is 3.60. The molecule has 0 aliphatic carbocycles. The van der Waals surface area contributed by atoms with Crippen molar-refractivity contribution in [1.29, 1.82) is 0 Å². The van der Waals surface area contributed by atoms with E-state index < -0.39 is 0 Å². The van der Waals surface area contributed by atoms with Crippen molar-refractivity contribution < 1.29 is 26.0 Å². The second-order valence-corrected chi connectivity index (χ2v) is 10.00. The first-order chi connectivity index (χ1) is 11.9. The SMILES string of the molecule is CCN1CCN(CC(=O)N2CCC(CC)(C(C)C)CC2)CC1.C[I-]C. The Hall–Kier alpha value is 0.120. The van der Waals surface area contributed by atoms with Crippen LogP contribution in [0.15, 0.2) is 0 Å². The molecule has 25 heavy (non-hydrogen) atoms. The van der Waals surface area contributed by atoms with Crippen LogP contribution < -0.4 is 21.2 Å². The summed E-state index contributed by atoms with van der Waals surface area (Å²) in [5.41, 5.74) is 0.462. The quantitative estimate of drug-likeness (QED) is 0.409. The predicted molar refractivity (Wildman–Crippen MR) is 104 cm³/mol. The van der Waals surface area contributed by atoms with Gasteiger partial charge in [-0.15, -0.1) is 0 Å². The second-order valence-electron chi connectivity index (χ2n) is 7.84. The fraction of sp³-hybridized carbons (Fsp3) is 0.950. The van der Waals surface area contributed by atoms with Crippen LogP contribution in [0.4, 0.5) is 0 Å². The summed E-state index contributed by atoms with van der Waals surface area (Å²) >= 11 is 0.590. The Labute approximate surface area is 166 Å². The Bertz CT molecular complexity index is 373. The first-order valence-corrected chi connectivity index (χ1v) is 14.3. The van der Waals surface area contributed by atoms with Gasteiger partial charge in [0.15, 0.2) is 0 Å². The first-order valence-electron chi connectivity index (χ1n) is 9.99. The van der Waals surface area contributed by atoms with E-state index in [2.05, 4.69) is 52.3 Å². The van der Waals surface area contributed by atoms with Gasteiger partial charge in [0.25, 0.3) is 0 Å². The van der Waals surface area contributed by atoms with Crippen molar-refractivity contribution >= 4 is 5.91 Å². The van der Waals surface area contributed by atoms with Crippen molar-refractivity contribution in [3.05, 3.63) is 0 Å². The van der Waals surface area contributed by atoms with Gasteiger partial charge in [-0.05, 0) is 30.7 Å². The number of hydrogen-bond acceptors (Lipinski definition) is 3. The number of halogens is 1. The van der Waals surface area contributed by atoms with Gasteiger partial charge in [-0.3, -0.25) is 9.69 Å². The molecule has 0 aromatic carbocycles. The molecule has 2 rings (SSSR count). The van der Waals surface area contributed by atoms with Crippen LogP contribution in [0.5, 0.6) is 0 Å². The number of amides is 1. The third kappa shape index (κ3) is 6.98. The van der Waals surface area contributed by atoms with Gasteiger partial charge in [-0.1, -0.05) is 34.1 Å². The van der Waals surface area contributed by atoms with E-state index >= 15 is 0 Å². The number of piperidine rings is 1. The van der Waals surface area contributed by atoms with Crippen LogP contribution in [0.2, 0.25) is 0 Å². The zero-order chi connectivity index (χ0) is 18.9. The van der Waals surface area contributed by atoms with Crippen LogP contribution in [0.25, 0.3) is 0 Å². The van der Waals surface area contributed by atoms with Crippen molar-refractivity contribution in [3.8, 4) is 0 Å².